The maximum absolute atomic E-state index is 12.6. The van der Waals surface area contributed by atoms with Gasteiger partial charge in [-0.25, -0.2) is 9.97 Å². The fourth-order valence-corrected chi connectivity index (χ4v) is 2.92. The highest BCUT2D eigenvalue weighted by Gasteiger charge is 2.15. The van der Waals surface area contributed by atoms with Crippen molar-refractivity contribution in [3.63, 3.8) is 0 Å². The topological polar surface area (TPSA) is 85.4 Å². The summed E-state index contributed by atoms with van der Waals surface area (Å²) in [5, 5.41) is 6.13. The van der Waals surface area contributed by atoms with Gasteiger partial charge in [0, 0.05) is 18.3 Å². The van der Waals surface area contributed by atoms with E-state index in [1.165, 1.54) is 0 Å². The number of para-hydroxylation sites is 1. The Bertz CT molecular complexity index is 1040. The highest BCUT2D eigenvalue weighted by Crippen LogP contribution is 2.32. The van der Waals surface area contributed by atoms with Crippen molar-refractivity contribution in [2.24, 2.45) is 0 Å². The minimum absolute atomic E-state index is 0.224. The van der Waals surface area contributed by atoms with Crippen LogP contribution in [-0.4, -0.2) is 22.7 Å². The predicted octanol–water partition coefficient (Wildman–Crippen LogP) is 3.50. The van der Waals surface area contributed by atoms with E-state index < -0.39 is 0 Å². The van der Waals surface area contributed by atoms with Crippen LogP contribution in [0.2, 0.25) is 0 Å². The number of nitrogens with one attached hydrogen (secondary N) is 2. The summed E-state index contributed by atoms with van der Waals surface area (Å²) in [4.78, 5) is 21.2. The molecule has 7 nitrogen and oxygen atoms in total. The van der Waals surface area contributed by atoms with Gasteiger partial charge in [-0.15, -0.1) is 0 Å². The molecule has 0 radical (unpaired) electrons. The second kappa shape index (κ2) is 7.56. The Hall–Kier alpha value is -3.61. The SMILES string of the molecule is Cc1nc(Nc2ccccc2C)cc(C(=O)NCc2ccc3c(c2)OCO3)n1. The molecular formula is C21H20N4O3. The number of benzene rings is 2. The molecule has 0 spiro atoms. The number of hydrogen-bond donors (Lipinski definition) is 2. The molecule has 1 aliphatic rings. The van der Waals surface area contributed by atoms with Crippen LogP contribution in [0.25, 0.3) is 0 Å². The van der Waals surface area contributed by atoms with E-state index in [9.17, 15) is 4.79 Å². The number of aryl methyl sites for hydroxylation is 2. The third-order valence-corrected chi connectivity index (χ3v) is 4.37. The average molecular weight is 376 g/mol. The zero-order valence-corrected chi connectivity index (χ0v) is 15.7. The van der Waals surface area contributed by atoms with Crippen LogP contribution in [0.15, 0.2) is 48.5 Å². The van der Waals surface area contributed by atoms with Gasteiger partial charge in [-0.05, 0) is 43.2 Å². The summed E-state index contributed by atoms with van der Waals surface area (Å²) in [6.07, 6.45) is 0. The Labute approximate surface area is 162 Å². The van der Waals surface area contributed by atoms with Crippen molar-refractivity contribution in [2.75, 3.05) is 12.1 Å². The maximum Gasteiger partial charge on any atom is 0.270 e. The number of rotatable bonds is 5. The number of hydrogen-bond acceptors (Lipinski definition) is 6. The third kappa shape index (κ3) is 3.88. The van der Waals surface area contributed by atoms with E-state index in [0.29, 0.717) is 35.4 Å². The first-order chi connectivity index (χ1) is 13.6. The van der Waals surface area contributed by atoms with Gasteiger partial charge in [0.1, 0.15) is 17.3 Å². The van der Waals surface area contributed by atoms with Crippen LogP contribution in [0.5, 0.6) is 11.5 Å². The lowest BCUT2D eigenvalue weighted by atomic mass is 10.2. The largest absolute Gasteiger partial charge is 0.454 e. The second-order valence-corrected chi connectivity index (χ2v) is 6.50. The number of ether oxygens (including phenoxy) is 2. The smallest absolute Gasteiger partial charge is 0.270 e. The average Bonchev–Trinajstić information content (AvgIpc) is 3.15. The highest BCUT2D eigenvalue weighted by molar-refractivity contribution is 5.93. The van der Waals surface area contributed by atoms with E-state index in [1.54, 1.807) is 13.0 Å². The molecule has 0 fully saturated rings. The van der Waals surface area contributed by atoms with Gasteiger partial charge in [-0.3, -0.25) is 4.79 Å². The molecule has 2 aromatic carbocycles. The first-order valence-electron chi connectivity index (χ1n) is 8.93. The standard InChI is InChI=1S/C21H20N4O3/c1-13-5-3-4-6-16(13)25-20-10-17(23-14(2)24-20)21(26)22-11-15-7-8-18-19(9-15)28-12-27-18/h3-10H,11-12H2,1-2H3,(H,22,26)(H,23,24,25). The zero-order chi connectivity index (χ0) is 19.5. The Morgan fingerprint density at radius 2 is 1.86 bits per heavy atom. The molecule has 1 aromatic heterocycles. The van der Waals surface area contributed by atoms with E-state index in [1.807, 2.05) is 49.4 Å². The van der Waals surface area contributed by atoms with E-state index in [2.05, 4.69) is 20.6 Å². The van der Waals surface area contributed by atoms with Gasteiger partial charge in [0.15, 0.2) is 11.5 Å². The summed E-state index contributed by atoms with van der Waals surface area (Å²) in [6.45, 7) is 4.36. The summed E-state index contributed by atoms with van der Waals surface area (Å²) in [7, 11) is 0. The van der Waals surface area contributed by atoms with E-state index >= 15 is 0 Å². The highest BCUT2D eigenvalue weighted by atomic mass is 16.7. The van der Waals surface area contributed by atoms with E-state index in [0.717, 1.165) is 16.8 Å². The van der Waals surface area contributed by atoms with Gasteiger partial charge in [-0.1, -0.05) is 24.3 Å². The number of carbonyl (C=O) groups is 1. The molecule has 4 rings (SSSR count). The second-order valence-electron chi connectivity index (χ2n) is 6.50. The molecule has 0 saturated heterocycles. The Balaban J connectivity index is 1.46. The zero-order valence-electron chi connectivity index (χ0n) is 15.7. The molecular weight excluding hydrogens is 356 g/mol. The molecule has 142 valence electrons. The van der Waals surface area contributed by atoms with Crippen LogP contribution in [0.1, 0.15) is 27.4 Å². The number of nitrogens with zero attached hydrogens (tertiary/aromatic N) is 2. The molecule has 0 saturated carbocycles. The van der Waals surface area contributed by atoms with Crippen LogP contribution < -0.4 is 20.1 Å². The molecule has 0 aliphatic carbocycles. The molecule has 0 atom stereocenters. The number of carbonyl (C=O) groups excluding carboxylic acids is 1. The minimum atomic E-state index is -0.268. The number of amides is 1. The van der Waals surface area contributed by atoms with E-state index in [-0.39, 0.29) is 12.7 Å². The Morgan fingerprint density at radius 3 is 2.71 bits per heavy atom. The Kier molecular flexibility index (Phi) is 4.80. The van der Waals surface area contributed by atoms with E-state index in [4.69, 9.17) is 9.47 Å². The van der Waals surface area contributed by atoms with Gasteiger partial charge in [0.2, 0.25) is 6.79 Å². The summed E-state index contributed by atoms with van der Waals surface area (Å²) >= 11 is 0. The normalized spacial score (nSPS) is 11.9. The molecule has 0 unspecified atom stereocenters. The van der Waals surface area contributed by atoms with Crippen LogP contribution in [0, 0.1) is 13.8 Å². The number of aromatic nitrogens is 2. The predicted molar refractivity (Wildman–Crippen MR) is 105 cm³/mol. The molecule has 0 bridgehead atoms. The van der Waals surface area contributed by atoms with Gasteiger partial charge < -0.3 is 20.1 Å². The molecule has 3 aromatic rings. The molecule has 28 heavy (non-hydrogen) atoms. The van der Waals surface area contributed by atoms with Crippen LogP contribution in [0.4, 0.5) is 11.5 Å². The summed E-state index contributed by atoms with van der Waals surface area (Å²) < 4.78 is 10.7. The first-order valence-corrected chi connectivity index (χ1v) is 8.93. The van der Waals surface area contributed by atoms with Crippen molar-refractivity contribution in [2.45, 2.75) is 20.4 Å². The molecule has 2 heterocycles. The van der Waals surface area contributed by atoms with Crippen molar-refractivity contribution in [1.29, 1.82) is 0 Å². The third-order valence-electron chi connectivity index (χ3n) is 4.37. The van der Waals surface area contributed by atoms with Gasteiger partial charge in [0.25, 0.3) is 5.91 Å². The lowest BCUT2D eigenvalue weighted by Crippen LogP contribution is -2.24. The number of fused-ring (bicyclic) bond motifs is 1. The fourth-order valence-electron chi connectivity index (χ4n) is 2.92. The maximum atomic E-state index is 12.6. The summed E-state index contributed by atoms with van der Waals surface area (Å²) in [5.41, 5.74) is 3.26. The molecule has 2 N–H and O–H groups in total. The van der Waals surface area contributed by atoms with Crippen molar-refractivity contribution in [1.82, 2.24) is 15.3 Å². The summed E-state index contributed by atoms with van der Waals surface area (Å²) in [6, 6.07) is 15.1. The van der Waals surface area contributed by atoms with Crippen molar-refractivity contribution in [3.05, 3.63) is 71.2 Å². The van der Waals surface area contributed by atoms with Crippen LogP contribution >= 0.6 is 0 Å². The summed E-state index contributed by atoms with van der Waals surface area (Å²) in [5.74, 6) is 2.24. The van der Waals surface area contributed by atoms with Gasteiger partial charge in [-0.2, -0.15) is 0 Å². The fraction of sp³-hybridized carbons (Fsp3) is 0.190. The van der Waals surface area contributed by atoms with Crippen LogP contribution in [-0.2, 0) is 6.54 Å². The Morgan fingerprint density at radius 1 is 1.04 bits per heavy atom. The van der Waals surface area contributed by atoms with Crippen molar-refractivity contribution in [3.8, 4) is 11.5 Å². The molecule has 1 amide bonds. The number of anilines is 2. The quantitative estimate of drug-likeness (QED) is 0.709. The lowest BCUT2D eigenvalue weighted by molar-refractivity contribution is 0.0945. The van der Waals surface area contributed by atoms with Crippen molar-refractivity contribution >= 4 is 17.4 Å². The first kappa shape index (κ1) is 17.8. The van der Waals surface area contributed by atoms with Crippen LogP contribution in [0.3, 0.4) is 0 Å². The minimum Gasteiger partial charge on any atom is -0.454 e. The van der Waals surface area contributed by atoms with Gasteiger partial charge in [0.05, 0.1) is 0 Å². The van der Waals surface area contributed by atoms with Crippen molar-refractivity contribution < 1.29 is 14.3 Å². The lowest BCUT2D eigenvalue weighted by Gasteiger charge is -2.11. The van der Waals surface area contributed by atoms with Gasteiger partial charge >= 0.3 is 0 Å². The molecule has 1 aliphatic heterocycles. The molecule has 7 heteroatoms. The monoisotopic (exact) mass is 376 g/mol.